The van der Waals surface area contributed by atoms with Crippen molar-refractivity contribution >= 4 is 11.4 Å². The average molecular weight is 288 g/mol. The molecule has 2 heteroatoms. The van der Waals surface area contributed by atoms with Crippen LogP contribution in [0.4, 0.5) is 11.4 Å². The highest BCUT2D eigenvalue weighted by molar-refractivity contribution is 5.81. The van der Waals surface area contributed by atoms with Gasteiger partial charge in [-0.2, -0.15) is 0 Å². The van der Waals surface area contributed by atoms with Crippen LogP contribution in [0.25, 0.3) is 22.3 Å². The van der Waals surface area contributed by atoms with Gasteiger partial charge in [-0.25, -0.2) is 0 Å². The van der Waals surface area contributed by atoms with Gasteiger partial charge < -0.3 is 11.5 Å². The molecule has 0 fully saturated rings. The van der Waals surface area contributed by atoms with Crippen LogP contribution < -0.4 is 11.5 Å². The minimum absolute atomic E-state index is 0.808. The Balaban J connectivity index is 1.99. The number of benzene rings is 3. The topological polar surface area (TPSA) is 52.0 Å². The molecule has 0 aliphatic rings. The molecule has 0 radical (unpaired) electrons. The van der Waals surface area contributed by atoms with Crippen molar-refractivity contribution in [1.29, 1.82) is 0 Å². The average Bonchev–Trinajstić information content (AvgIpc) is 2.48. The highest BCUT2D eigenvalue weighted by Gasteiger charge is 2.06. The summed E-state index contributed by atoms with van der Waals surface area (Å²) in [6.07, 6.45) is 0. The molecule has 0 aromatic heterocycles. The normalized spacial score (nSPS) is 10.6. The zero-order valence-corrected chi connectivity index (χ0v) is 12.9. The van der Waals surface area contributed by atoms with Crippen molar-refractivity contribution in [2.45, 2.75) is 13.8 Å². The van der Waals surface area contributed by atoms with E-state index in [0.717, 1.165) is 33.6 Å². The molecule has 0 heterocycles. The third kappa shape index (κ3) is 2.68. The van der Waals surface area contributed by atoms with E-state index >= 15 is 0 Å². The van der Waals surface area contributed by atoms with Crippen LogP contribution in [0.2, 0.25) is 0 Å². The zero-order valence-electron chi connectivity index (χ0n) is 12.9. The lowest BCUT2D eigenvalue weighted by Crippen LogP contribution is -1.92. The second kappa shape index (κ2) is 5.57. The first-order chi connectivity index (χ1) is 10.5. The fourth-order valence-electron chi connectivity index (χ4n) is 2.72. The summed E-state index contributed by atoms with van der Waals surface area (Å²) < 4.78 is 0. The van der Waals surface area contributed by atoms with Gasteiger partial charge in [0.2, 0.25) is 0 Å². The van der Waals surface area contributed by atoms with Crippen LogP contribution in [0.15, 0.2) is 60.7 Å². The summed E-state index contributed by atoms with van der Waals surface area (Å²) in [6, 6.07) is 20.7. The first kappa shape index (κ1) is 14.2. The van der Waals surface area contributed by atoms with E-state index in [4.69, 9.17) is 11.5 Å². The lowest BCUT2D eigenvalue weighted by Gasteiger charge is -2.10. The Hall–Kier alpha value is -2.74. The predicted molar refractivity (Wildman–Crippen MR) is 95.6 cm³/mol. The maximum atomic E-state index is 6.12. The monoisotopic (exact) mass is 288 g/mol. The highest BCUT2D eigenvalue weighted by Crippen LogP contribution is 2.31. The molecule has 4 N–H and O–H groups in total. The van der Waals surface area contributed by atoms with Gasteiger partial charge >= 0.3 is 0 Å². The molecular formula is C20H20N2. The number of aryl methyl sites for hydroxylation is 2. The van der Waals surface area contributed by atoms with Crippen LogP contribution in [-0.2, 0) is 0 Å². The molecule has 22 heavy (non-hydrogen) atoms. The molecule has 0 aliphatic heterocycles. The van der Waals surface area contributed by atoms with Crippen molar-refractivity contribution < 1.29 is 0 Å². The van der Waals surface area contributed by atoms with E-state index in [1.807, 2.05) is 26.0 Å². The van der Waals surface area contributed by atoms with E-state index in [9.17, 15) is 0 Å². The highest BCUT2D eigenvalue weighted by atomic mass is 14.6. The Morgan fingerprint density at radius 1 is 0.545 bits per heavy atom. The summed E-state index contributed by atoms with van der Waals surface area (Å²) >= 11 is 0. The van der Waals surface area contributed by atoms with Crippen LogP contribution in [0.3, 0.4) is 0 Å². The van der Waals surface area contributed by atoms with Crippen molar-refractivity contribution in [2.24, 2.45) is 0 Å². The Morgan fingerprint density at radius 3 is 1.23 bits per heavy atom. The number of nitrogens with two attached hydrogens (primary N) is 2. The Morgan fingerprint density at radius 2 is 0.909 bits per heavy atom. The number of hydrogen-bond acceptors (Lipinski definition) is 2. The molecule has 0 spiro atoms. The van der Waals surface area contributed by atoms with Gasteiger partial charge in [0.25, 0.3) is 0 Å². The summed E-state index contributed by atoms with van der Waals surface area (Å²) in [7, 11) is 0. The molecular weight excluding hydrogens is 268 g/mol. The molecule has 0 atom stereocenters. The minimum atomic E-state index is 0.808. The van der Waals surface area contributed by atoms with Crippen molar-refractivity contribution in [3.63, 3.8) is 0 Å². The number of hydrogen-bond donors (Lipinski definition) is 2. The Kier molecular flexibility index (Phi) is 3.60. The van der Waals surface area contributed by atoms with Crippen LogP contribution in [-0.4, -0.2) is 0 Å². The van der Waals surface area contributed by atoms with E-state index in [2.05, 4.69) is 48.5 Å². The maximum Gasteiger partial charge on any atom is 0.0396 e. The minimum Gasteiger partial charge on any atom is -0.398 e. The largest absolute Gasteiger partial charge is 0.398 e. The molecule has 110 valence electrons. The molecule has 0 saturated heterocycles. The molecule has 3 aromatic rings. The van der Waals surface area contributed by atoms with Crippen molar-refractivity contribution in [3.8, 4) is 22.3 Å². The quantitative estimate of drug-likeness (QED) is 0.665. The molecule has 0 saturated carbocycles. The molecule has 0 bridgehead atoms. The van der Waals surface area contributed by atoms with Crippen LogP contribution in [0.5, 0.6) is 0 Å². The van der Waals surface area contributed by atoms with Crippen molar-refractivity contribution in [3.05, 3.63) is 71.8 Å². The van der Waals surface area contributed by atoms with Gasteiger partial charge in [0.1, 0.15) is 0 Å². The van der Waals surface area contributed by atoms with E-state index in [1.165, 1.54) is 11.1 Å². The molecule has 0 aliphatic carbocycles. The smallest absolute Gasteiger partial charge is 0.0396 e. The fraction of sp³-hybridized carbons (Fsp3) is 0.100. The van der Waals surface area contributed by atoms with Gasteiger partial charge in [0.15, 0.2) is 0 Å². The number of nitrogen functional groups attached to an aromatic ring is 2. The van der Waals surface area contributed by atoms with E-state index in [-0.39, 0.29) is 0 Å². The standard InChI is InChI=1S/C20H20N2/c1-13-3-9-17(19(21)11-13)15-5-7-16(8-6-15)18-10-4-14(2)12-20(18)22/h3-12H,21-22H2,1-2H3. The summed E-state index contributed by atoms with van der Waals surface area (Å²) in [6.45, 7) is 4.09. The molecule has 3 rings (SSSR count). The lowest BCUT2D eigenvalue weighted by atomic mass is 9.97. The first-order valence-electron chi connectivity index (χ1n) is 7.37. The van der Waals surface area contributed by atoms with Gasteiger partial charge in [0, 0.05) is 22.5 Å². The third-order valence-electron chi connectivity index (χ3n) is 3.92. The van der Waals surface area contributed by atoms with Gasteiger partial charge in [0.05, 0.1) is 0 Å². The van der Waals surface area contributed by atoms with Crippen LogP contribution >= 0.6 is 0 Å². The summed E-state index contributed by atoms with van der Waals surface area (Å²) in [5.41, 5.74) is 20.6. The van der Waals surface area contributed by atoms with E-state index < -0.39 is 0 Å². The molecule has 0 amide bonds. The molecule has 0 unspecified atom stereocenters. The first-order valence-corrected chi connectivity index (χ1v) is 7.37. The van der Waals surface area contributed by atoms with E-state index in [0.29, 0.717) is 0 Å². The maximum absolute atomic E-state index is 6.12. The number of anilines is 2. The Bertz CT molecular complexity index is 747. The van der Waals surface area contributed by atoms with Gasteiger partial charge in [-0.3, -0.25) is 0 Å². The van der Waals surface area contributed by atoms with Gasteiger partial charge in [-0.1, -0.05) is 48.5 Å². The predicted octanol–water partition coefficient (Wildman–Crippen LogP) is 4.80. The molecule has 2 nitrogen and oxygen atoms in total. The van der Waals surface area contributed by atoms with Crippen LogP contribution in [0, 0.1) is 13.8 Å². The zero-order chi connectivity index (χ0) is 15.7. The summed E-state index contributed by atoms with van der Waals surface area (Å²) in [5.74, 6) is 0. The second-order valence-electron chi connectivity index (χ2n) is 5.76. The number of rotatable bonds is 2. The summed E-state index contributed by atoms with van der Waals surface area (Å²) in [5, 5.41) is 0. The summed E-state index contributed by atoms with van der Waals surface area (Å²) in [4.78, 5) is 0. The molecule has 3 aromatic carbocycles. The van der Waals surface area contributed by atoms with Gasteiger partial charge in [-0.15, -0.1) is 0 Å². The SMILES string of the molecule is Cc1ccc(-c2ccc(-c3ccc(C)cc3N)cc2)c(N)c1. The lowest BCUT2D eigenvalue weighted by molar-refractivity contribution is 1.46. The fourth-order valence-corrected chi connectivity index (χ4v) is 2.72. The van der Waals surface area contributed by atoms with Crippen LogP contribution in [0.1, 0.15) is 11.1 Å². The Labute approximate surface area is 131 Å². The van der Waals surface area contributed by atoms with E-state index in [1.54, 1.807) is 0 Å². The third-order valence-corrected chi connectivity index (χ3v) is 3.92. The van der Waals surface area contributed by atoms with Crippen molar-refractivity contribution in [1.82, 2.24) is 0 Å². The van der Waals surface area contributed by atoms with Gasteiger partial charge in [-0.05, 0) is 48.2 Å². The second-order valence-corrected chi connectivity index (χ2v) is 5.76. The van der Waals surface area contributed by atoms with Crippen molar-refractivity contribution in [2.75, 3.05) is 11.5 Å².